The van der Waals surface area contributed by atoms with Gasteiger partial charge in [0, 0.05) is 0 Å². The van der Waals surface area contributed by atoms with Gasteiger partial charge in [0.25, 0.3) is 0 Å². The summed E-state index contributed by atoms with van der Waals surface area (Å²) in [7, 11) is 0. The van der Waals surface area contributed by atoms with Crippen LogP contribution in [0.4, 0.5) is 4.69 Å². The molecule has 0 saturated carbocycles. The molecule has 3 heteroatoms. The summed E-state index contributed by atoms with van der Waals surface area (Å²) in [5, 5.41) is 0. The summed E-state index contributed by atoms with van der Waals surface area (Å²) in [6, 6.07) is 0. The van der Waals surface area contributed by atoms with Crippen LogP contribution < -0.4 is 5.73 Å². The summed E-state index contributed by atoms with van der Waals surface area (Å²) in [5.41, 5.74) is 6.86. The molecule has 1 heterocycles. The van der Waals surface area contributed by atoms with Gasteiger partial charge in [-0.05, 0) is 0 Å². The van der Waals surface area contributed by atoms with Crippen molar-refractivity contribution in [2.45, 2.75) is 26.2 Å². The summed E-state index contributed by atoms with van der Waals surface area (Å²) >= 11 is 0.322. The third kappa shape index (κ3) is 1.61. The first-order chi connectivity index (χ1) is 4.50. The molecule has 0 fully saturated rings. The van der Waals surface area contributed by atoms with Crippen LogP contribution >= 0.6 is 0 Å². The summed E-state index contributed by atoms with van der Waals surface area (Å²) in [6.45, 7) is 6.45. The van der Waals surface area contributed by atoms with Crippen molar-refractivity contribution in [3.05, 3.63) is 10.6 Å². The van der Waals surface area contributed by atoms with Crippen LogP contribution in [0, 0.1) is 0 Å². The molecule has 10 heavy (non-hydrogen) atoms. The van der Waals surface area contributed by atoms with Gasteiger partial charge in [-0.3, -0.25) is 0 Å². The Hall–Kier alpha value is -0.271. The Kier molecular flexibility index (Phi) is 1.88. The van der Waals surface area contributed by atoms with Gasteiger partial charge in [-0.15, -0.1) is 0 Å². The molecule has 1 rings (SSSR count). The molecule has 0 spiro atoms. The molecule has 1 aromatic rings. The number of nitrogen functional groups attached to an aromatic ring is 1. The summed E-state index contributed by atoms with van der Waals surface area (Å²) in [6.07, 6.45) is 0. The Bertz CT molecular complexity index is 222. The molecule has 0 amide bonds. The number of hydrogen-bond acceptors (Lipinski definition) is 2. The second-order valence-corrected chi connectivity index (χ2v) is 5.19. The first-order valence-corrected chi connectivity index (χ1v) is 5.06. The second-order valence-electron chi connectivity index (χ2n) is 3.32. The van der Waals surface area contributed by atoms with Crippen LogP contribution in [0.25, 0.3) is 0 Å². The van der Waals surface area contributed by atoms with E-state index in [0.29, 0.717) is 14.5 Å². The number of nitrogens with zero attached hydrogens (tertiary/aromatic N) is 1. The van der Waals surface area contributed by atoms with Gasteiger partial charge < -0.3 is 0 Å². The zero-order chi connectivity index (χ0) is 7.78. The van der Waals surface area contributed by atoms with Gasteiger partial charge in [0.05, 0.1) is 0 Å². The van der Waals surface area contributed by atoms with E-state index >= 15 is 0 Å². The molecule has 2 nitrogen and oxygen atoms in total. The molecule has 0 aromatic carbocycles. The van der Waals surface area contributed by atoms with E-state index in [0.717, 1.165) is 10.4 Å². The van der Waals surface area contributed by atoms with Crippen molar-refractivity contribution in [2.75, 3.05) is 5.73 Å². The molecular formula is C7H12N2Se. The van der Waals surface area contributed by atoms with E-state index in [9.17, 15) is 0 Å². The van der Waals surface area contributed by atoms with Crippen LogP contribution in [0.1, 0.15) is 26.5 Å². The predicted molar refractivity (Wildman–Crippen MR) is 44.3 cm³/mol. The first-order valence-electron chi connectivity index (χ1n) is 3.21. The van der Waals surface area contributed by atoms with Gasteiger partial charge in [0.1, 0.15) is 0 Å². The Morgan fingerprint density at radius 2 is 2.10 bits per heavy atom. The first kappa shape index (κ1) is 7.83. The van der Waals surface area contributed by atoms with E-state index in [1.807, 2.05) is 0 Å². The van der Waals surface area contributed by atoms with Gasteiger partial charge in [-0.2, -0.15) is 0 Å². The maximum atomic E-state index is 5.55. The molecule has 56 valence electrons. The van der Waals surface area contributed by atoms with E-state index in [2.05, 4.69) is 30.7 Å². The molecule has 2 N–H and O–H groups in total. The minimum atomic E-state index is 0.170. The molecule has 1 aromatic heterocycles. The fourth-order valence-electron chi connectivity index (χ4n) is 0.632. The van der Waals surface area contributed by atoms with E-state index in [1.54, 1.807) is 0 Å². The van der Waals surface area contributed by atoms with Crippen molar-refractivity contribution >= 4 is 19.2 Å². The van der Waals surface area contributed by atoms with Crippen molar-refractivity contribution in [3.63, 3.8) is 0 Å². The Morgan fingerprint density at radius 3 is 2.30 bits per heavy atom. The predicted octanol–water partition coefficient (Wildman–Crippen LogP) is 1.02. The van der Waals surface area contributed by atoms with E-state index in [-0.39, 0.29) is 5.41 Å². The Labute approximate surface area is 67.2 Å². The fraction of sp³-hybridized carbons (Fsp3) is 0.571. The van der Waals surface area contributed by atoms with Crippen molar-refractivity contribution < 1.29 is 0 Å². The number of hydrogen-bond donors (Lipinski definition) is 1. The third-order valence-corrected chi connectivity index (χ3v) is 2.70. The topological polar surface area (TPSA) is 38.9 Å². The number of aromatic nitrogens is 1. The summed E-state index contributed by atoms with van der Waals surface area (Å²) in [5.74, 6) is 0. The van der Waals surface area contributed by atoms with Gasteiger partial charge in [-0.25, -0.2) is 0 Å². The van der Waals surface area contributed by atoms with Crippen molar-refractivity contribution in [1.29, 1.82) is 0 Å². The Balaban J connectivity index is 2.96. The zero-order valence-electron chi connectivity index (χ0n) is 6.51. The molecular weight excluding hydrogens is 191 g/mol. The molecule has 0 bridgehead atoms. The second kappa shape index (κ2) is 2.40. The van der Waals surface area contributed by atoms with Gasteiger partial charge in [0.15, 0.2) is 0 Å². The van der Waals surface area contributed by atoms with Crippen LogP contribution in [0.15, 0.2) is 4.94 Å². The molecule has 0 radical (unpaired) electrons. The molecule has 0 saturated heterocycles. The standard InChI is InChI=1S/C7H12N2Se/c1-7(2,3)5-4-10-6(8)9-5/h4H,1-3H3,(H2,8,9). The Morgan fingerprint density at radius 1 is 1.50 bits per heavy atom. The number of anilines is 1. The molecule has 0 atom stereocenters. The SMILES string of the molecule is CC(C)(C)c1c[se]c(N)n1. The molecule has 0 unspecified atom stereocenters. The fourth-order valence-corrected chi connectivity index (χ4v) is 2.29. The average Bonchev–Trinajstić information content (AvgIpc) is 2.11. The zero-order valence-corrected chi connectivity index (χ0v) is 8.22. The van der Waals surface area contributed by atoms with Crippen molar-refractivity contribution in [1.82, 2.24) is 4.98 Å². The number of nitrogens with two attached hydrogens (primary N) is 1. The van der Waals surface area contributed by atoms with Crippen LogP contribution in [0.2, 0.25) is 0 Å². The molecule has 0 aliphatic heterocycles. The van der Waals surface area contributed by atoms with Crippen molar-refractivity contribution in [2.24, 2.45) is 0 Å². The normalized spacial score (nSPS) is 11.9. The summed E-state index contributed by atoms with van der Waals surface area (Å²) in [4.78, 5) is 6.40. The average molecular weight is 203 g/mol. The minimum absolute atomic E-state index is 0.170. The number of rotatable bonds is 0. The van der Waals surface area contributed by atoms with E-state index in [1.165, 1.54) is 0 Å². The van der Waals surface area contributed by atoms with E-state index in [4.69, 9.17) is 5.73 Å². The molecule has 0 aliphatic rings. The van der Waals surface area contributed by atoms with Crippen LogP contribution in [0.3, 0.4) is 0 Å². The van der Waals surface area contributed by atoms with Gasteiger partial charge in [0.2, 0.25) is 0 Å². The van der Waals surface area contributed by atoms with Crippen LogP contribution in [-0.2, 0) is 5.41 Å². The third-order valence-electron chi connectivity index (χ3n) is 1.29. The molecule has 0 aliphatic carbocycles. The summed E-state index contributed by atoms with van der Waals surface area (Å²) < 4.78 is 0.803. The quantitative estimate of drug-likeness (QED) is 0.639. The van der Waals surface area contributed by atoms with Gasteiger partial charge >= 0.3 is 66.7 Å². The van der Waals surface area contributed by atoms with Gasteiger partial charge in [-0.1, -0.05) is 0 Å². The monoisotopic (exact) mass is 204 g/mol. The maximum absolute atomic E-state index is 5.55. The van der Waals surface area contributed by atoms with E-state index < -0.39 is 0 Å². The van der Waals surface area contributed by atoms with Crippen molar-refractivity contribution in [3.8, 4) is 0 Å². The van der Waals surface area contributed by atoms with Crippen LogP contribution in [-0.4, -0.2) is 19.5 Å². The van der Waals surface area contributed by atoms with Crippen LogP contribution in [0.5, 0.6) is 0 Å².